The second-order valence-corrected chi connectivity index (χ2v) is 5.12. The molecule has 118 valence electrons. The fourth-order valence-electron chi connectivity index (χ4n) is 2.36. The summed E-state index contributed by atoms with van der Waals surface area (Å²) >= 11 is 0. The lowest BCUT2D eigenvalue weighted by molar-refractivity contribution is -0.121. The molecule has 0 radical (unpaired) electrons. The number of hydrogen-bond acceptors (Lipinski definition) is 2. The first kappa shape index (κ1) is 18.2. The van der Waals surface area contributed by atoms with E-state index in [0.717, 1.165) is 12.0 Å². The van der Waals surface area contributed by atoms with Crippen molar-refractivity contribution in [1.82, 2.24) is 5.32 Å². The van der Waals surface area contributed by atoms with Crippen LogP contribution in [0.3, 0.4) is 0 Å². The van der Waals surface area contributed by atoms with Crippen molar-refractivity contribution in [1.29, 1.82) is 0 Å². The number of benzene rings is 2. The van der Waals surface area contributed by atoms with Crippen molar-refractivity contribution >= 4 is 18.3 Å². The Balaban J connectivity index is 0.00000242. The van der Waals surface area contributed by atoms with Gasteiger partial charge in [0.05, 0.1) is 0 Å². The third-order valence-electron chi connectivity index (χ3n) is 3.61. The fraction of sp³-hybridized carbons (Fsp3) is 0.278. The smallest absolute Gasteiger partial charge is 0.222 e. The third-order valence-corrected chi connectivity index (χ3v) is 3.61. The summed E-state index contributed by atoms with van der Waals surface area (Å²) < 4.78 is 0. The standard InChI is InChI=1S/C18H22N2O.ClH/c1-2-14-8-6-7-11-16(14)13-20-18(21)12-17(19)15-9-4-3-5-10-15;/h3-11,17H,2,12-13,19H2,1H3,(H,20,21);1H. The van der Waals surface area contributed by atoms with E-state index < -0.39 is 0 Å². The van der Waals surface area contributed by atoms with E-state index in [1.807, 2.05) is 42.5 Å². The van der Waals surface area contributed by atoms with Gasteiger partial charge in [-0.05, 0) is 23.1 Å². The molecule has 0 fully saturated rings. The number of aryl methyl sites for hydroxylation is 1. The quantitative estimate of drug-likeness (QED) is 0.858. The number of rotatable bonds is 6. The average molecular weight is 319 g/mol. The van der Waals surface area contributed by atoms with Crippen molar-refractivity contribution in [2.24, 2.45) is 5.73 Å². The summed E-state index contributed by atoms with van der Waals surface area (Å²) in [6, 6.07) is 17.6. The van der Waals surface area contributed by atoms with E-state index in [1.54, 1.807) is 0 Å². The van der Waals surface area contributed by atoms with Gasteiger partial charge in [-0.1, -0.05) is 61.5 Å². The summed E-state index contributed by atoms with van der Waals surface area (Å²) in [5, 5.41) is 2.96. The fourth-order valence-corrected chi connectivity index (χ4v) is 2.36. The van der Waals surface area contributed by atoms with Crippen LogP contribution in [-0.4, -0.2) is 5.91 Å². The predicted molar refractivity (Wildman–Crippen MR) is 92.9 cm³/mol. The zero-order valence-electron chi connectivity index (χ0n) is 12.8. The Hall–Kier alpha value is -1.84. The highest BCUT2D eigenvalue weighted by molar-refractivity contribution is 5.85. The minimum Gasteiger partial charge on any atom is -0.352 e. The van der Waals surface area contributed by atoms with E-state index in [2.05, 4.69) is 24.4 Å². The molecule has 0 heterocycles. The van der Waals surface area contributed by atoms with E-state index in [4.69, 9.17) is 5.73 Å². The summed E-state index contributed by atoms with van der Waals surface area (Å²) in [6.45, 7) is 2.68. The van der Waals surface area contributed by atoms with Crippen LogP contribution >= 0.6 is 12.4 Å². The minimum atomic E-state index is -0.257. The second kappa shape index (κ2) is 9.23. The third kappa shape index (κ3) is 5.17. The number of nitrogens with one attached hydrogen (secondary N) is 1. The summed E-state index contributed by atoms with van der Waals surface area (Å²) in [5.41, 5.74) is 9.48. The van der Waals surface area contributed by atoms with Crippen LogP contribution in [-0.2, 0) is 17.8 Å². The van der Waals surface area contributed by atoms with Crippen molar-refractivity contribution in [3.8, 4) is 0 Å². The molecule has 2 rings (SSSR count). The highest BCUT2D eigenvalue weighted by Crippen LogP contribution is 2.13. The molecule has 22 heavy (non-hydrogen) atoms. The number of carbonyl (C=O) groups is 1. The number of halogens is 1. The molecule has 0 spiro atoms. The van der Waals surface area contributed by atoms with Gasteiger partial charge in [0.1, 0.15) is 0 Å². The molecule has 0 aliphatic carbocycles. The van der Waals surface area contributed by atoms with Gasteiger partial charge in [-0.2, -0.15) is 0 Å². The van der Waals surface area contributed by atoms with Gasteiger partial charge in [-0.15, -0.1) is 12.4 Å². The second-order valence-electron chi connectivity index (χ2n) is 5.12. The Bertz CT molecular complexity index is 587. The number of amides is 1. The van der Waals surface area contributed by atoms with Crippen molar-refractivity contribution < 1.29 is 4.79 Å². The molecule has 2 aromatic carbocycles. The summed E-state index contributed by atoms with van der Waals surface area (Å²) in [5.74, 6) is -0.0164. The first-order valence-corrected chi connectivity index (χ1v) is 7.34. The molecule has 0 saturated carbocycles. The van der Waals surface area contributed by atoms with Crippen LogP contribution in [0.4, 0.5) is 0 Å². The van der Waals surface area contributed by atoms with Crippen LogP contribution in [0, 0.1) is 0 Å². The first-order chi connectivity index (χ1) is 10.2. The molecule has 0 bridgehead atoms. The van der Waals surface area contributed by atoms with E-state index in [9.17, 15) is 4.79 Å². The monoisotopic (exact) mass is 318 g/mol. The first-order valence-electron chi connectivity index (χ1n) is 7.34. The van der Waals surface area contributed by atoms with Crippen molar-refractivity contribution in [2.75, 3.05) is 0 Å². The van der Waals surface area contributed by atoms with Gasteiger partial charge >= 0.3 is 0 Å². The number of hydrogen-bond donors (Lipinski definition) is 2. The average Bonchev–Trinajstić information content (AvgIpc) is 2.54. The Labute approximate surface area is 138 Å². The summed E-state index contributed by atoms with van der Waals surface area (Å²) in [4.78, 5) is 12.0. The van der Waals surface area contributed by atoms with Gasteiger partial charge in [0.25, 0.3) is 0 Å². The Morgan fingerprint density at radius 1 is 1.05 bits per heavy atom. The van der Waals surface area contributed by atoms with E-state index in [-0.39, 0.29) is 24.4 Å². The summed E-state index contributed by atoms with van der Waals surface area (Å²) in [6.07, 6.45) is 1.27. The van der Waals surface area contributed by atoms with Gasteiger partial charge in [-0.25, -0.2) is 0 Å². The van der Waals surface area contributed by atoms with Gasteiger partial charge < -0.3 is 11.1 Å². The Kier molecular flexibility index (Phi) is 7.64. The number of carbonyl (C=O) groups excluding carboxylic acids is 1. The molecule has 0 aliphatic rings. The van der Waals surface area contributed by atoms with Crippen LogP contribution in [0.5, 0.6) is 0 Å². The molecule has 3 nitrogen and oxygen atoms in total. The molecule has 3 N–H and O–H groups in total. The van der Waals surface area contributed by atoms with Crippen molar-refractivity contribution in [3.63, 3.8) is 0 Å². The molecule has 4 heteroatoms. The molecule has 1 atom stereocenters. The lowest BCUT2D eigenvalue weighted by Gasteiger charge is -2.13. The maximum Gasteiger partial charge on any atom is 0.222 e. The molecule has 0 aromatic heterocycles. The highest BCUT2D eigenvalue weighted by Gasteiger charge is 2.11. The zero-order valence-corrected chi connectivity index (χ0v) is 13.6. The topological polar surface area (TPSA) is 55.1 Å². The van der Waals surface area contributed by atoms with E-state index >= 15 is 0 Å². The van der Waals surface area contributed by atoms with Crippen LogP contribution < -0.4 is 11.1 Å². The van der Waals surface area contributed by atoms with Gasteiger partial charge in [0.2, 0.25) is 5.91 Å². The largest absolute Gasteiger partial charge is 0.352 e. The van der Waals surface area contributed by atoms with E-state index in [1.165, 1.54) is 11.1 Å². The zero-order chi connectivity index (χ0) is 15.1. The van der Waals surface area contributed by atoms with E-state index in [0.29, 0.717) is 13.0 Å². The van der Waals surface area contributed by atoms with Crippen LogP contribution in [0.15, 0.2) is 54.6 Å². The molecule has 1 unspecified atom stereocenters. The van der Waals surface area contributed by atoms with Crippen LogP contribution in [0.2, 0.25) is 0 Å². The normalized spacial score (nSPS) is 11.4. The SMILES string of the molecule is CCc1ccccc1CNC(=O)CC(N)c1ccccc1.Cl. The van der Waals surface area contributed by atoms with Crippen molar-refractivity contribution in [3.05, 3.63) is 71.3 Å². The molecule has 2 aromatic rings. The lowest BCUT2D eigenvalue weighted by atomic mass is 10.0. The Morgan fingerprint density at radius 2 is 1.64 bits per heavy atom. The van der Waals surface area contributed by atoms with Gasteiger partial charge in [0.15, 0.2) is 0 Å². The van der Waals surface area contributed by atoms with Crippen LogP contribution in [0.25, 0.3) is 0 Å². The molecular weight excluding hydrogens is 296 g/mol. The Morgan fingerprint density at radius 3 is 2.27 bits per heavy atom. The van der Waals surface area contributed by atoms with Gasteiger partial charge in [-0.3, -0.25) is 4.79 Å². The molecule has 0 aliphatic heterocycles. The lowest BCUT2D eigenvalue weighted by Crippen LogP contribution is -2.27. The molecular formula is C18H23ClN2O. The number of nitrogens with two attached hydrogens (primary N) is 1. The minimum absolute atomic E-state index is 0. The molecule has 0 saturated heterocycles. The van der Waals surface area contributed by atoms with Gasteiger partial charge in [0, 0.05) is 19.0 Å². The van der Waals surface area contributed by atoms with Crippen LogP contribution in [0.1, 0.15) is 36.1 Å². The predicted octanol–water partition coefficient (Wildman–Crippen LogP) is 3.38. The highest BCUT2D eigenvalue weighted by atomic mass is 35.5. The van der Waals surface area contributed by atoms with Crippen molar-refractivity contribution in [2.45, 2.75) is 32.4 Å². The molecule has 1 amide bonds. The maximum atomic E-state index is 12.0. The maximum absolute atomic E-state index is 12.0. The summed E-state index contributed by atoms with van der Waals surface area (Å²) in [7, 11) is 0.